The second-order valence-corrected chi connectivity index (χ2v) is 3.63. The highest BCUT2D eigenvalue weighted by molar-refractivity contribution is 5.46. The van der Waals surface area contributed by atoms with Crippen molar-refractivity contribution in [2.45, 2.75) is 13.2 Å². The predicted molar refractivity (Wildman–Crippen MR) is 63.8 cm³/mol. The van der Waals surface area contributed by atoms with Crippen LogP contribution in [0.5, 0.6) is 5.75 Å². The van der Waals surface area contributed by atoms with Crippen LogP contribution < -0.4 is 10.1 Å². The molecule has 1 aromatic heterocycles. The number of rotatable bonds is 5. The van der Waals surface area contributed by atoms with E-state index in [1.54, 1.807) is 24.3 Å². The van der Waals surface area contributed by atoms with E-state index in [0.29, 0.717) is 12.3 Å². The van der Waals surface area contributed by atoms with Crippen LogP contribution in [-0.4, -0.2) is 6.61 Å². The average molecular weight is 264 g/mol. The van der Waals surface area contributed by atoms with E-state index in [4.69, 9.17) is 9.68 Å². The van der Waals surface area contributed by atoms with Crippen molar-refractivity contribution < 1.29 is 17.9 Å². The van der Waals surface area contributed by atoms with E-state index in [1.165, 1.54) is 12.1 Å². The summed E-state index contributed by atoms with van der Waals surface area (Å²) in [6.07, 6.45) is 0. The van der Waals surface area contributed by atoms with Crippen LogP contribution in [0, 0.1) is 11.3 Å². The molecule has 0 aliphatic rings. The number of furan rings is 1. The van der Waals surface area contributed by atoms with Gasteiger partial charge < -0.3 is 14.5 Å². The molecule has 1 heterocycles. The summed E-state index contributed by atoms with van der Waals surface area (Å²) in [5, 5.41) is 11.6. The minimum absolute atomic E-state index is 0.102. The Morgan fingerprint density at radius 3 is 2.53 bits per heavy atom. The van der Waals surface area contributed by atoms with Crippen LogP contribution in [0.4, 0.5) is 14.5 Å². The summed E-state index contributed by atoms with van der Waals surface area (Å²) in [6.45, 7) is -2.43. The SMILES string of the molecule is N#Cc1ccc(CNc2ccc(OC(F)F)cc2)o1. The monoisotopic (exact) mass is 264 g/mol. The molecule has 0 radical (unpaired) electrons. The Labute approximate surface area is 108 Å². The molecule has 0 amide bonds. The molecule has 0 aliphatic carbocycles. The first-order valence-electron chi connectivity index (χ1n) is 5.45. The fourth-order valence-electron chi connectivity index (χ4n) is 1.48. The molecule has 0 saturated carbocycles. The maximum atomic E-state index is 11.9. The summed E-state index contributed by atoms with van der Waals surface area (Å²) in [5.74, 6) is 0.965. The second kappa shape index (κ2) is 5.87. The molecule has 0 spiro atoms. The van der Waals surface area contributed by atoms with Crippen LogP contribution in [0.15, 0.2) is 40.8 Å². The first-order valence-corrected chi connectivity index (χ1v) is 5.45. The minimum atomic E-state index is -2.83. The summed E-state index contributed by atoms with van der Waals surface area (Å²) >= 11 is 0. The van der Waals surface area contributed by atoms with E-state index in [-0.39, 0.29) is 11.5 Å². The summed E-state index contributed by atoms with van der Waals surface area (Å²) in [7, 11) is 0. The fourth-order valence-corrected chi connectivity index (χ4v) is 1.48. The topological polar surface area (TPSA) is 58.2 Å². The van der Waals surface area contributed by atoms with Crippen molar-refractivity contribution in [3.05, 3.63) is 47.9 Å². The zero-order chi connectivity index (χ0) is 13.7. The summed E-state index contributed by atoms with van der Waals surface area (Å²) in [5.41, 5.74) is 0.733. The third-order valence-corrected chi connectivity index (χ3v) is 2.32. The fraction of sp³-hybridized carbons (Fsp3) is 0.154. The lowest BCUT2D eigenvalue weighted by Gasteiger charge is -2.07. The molecule has 0 unspecified atom stereocenters. The average Bonchev–Trinajstić information content (AvgIpc) is 2.85. The van der Waals surface area contributed by atoms with Gasteiger partial charge in [-0.25, -0.2) is 0 Å². The third kappa shape index (κ3) is 3.71. The normalized spacial score (nSPS) is 10.2. The van der Waals surface area contributed by atoms with Crippen molar-refractivity contribution in [3.63, 3.8) is 0 Å². The van der Waals surface area contributed by atoms with Gasteiger partial charge in [0.1, 0.15) is 17.6 Å². The number of nitrogens with one attached hydrogen (secondary N) is 1. The highest BCUT2D eigenvalue weighted by Crippen LogP contribution is 2.18. The second-order valence-electron chi connectivity index (χ2n) is 3.63. The number of nitriles is 1. The van der Waals surface area contributed by atoms with Crippen LogP contribution in [0.25, 0.3) is 0 Å². The molecule has 0 bridgehead atoms. The zero-order valence-corrected chi connectivity index (χ0v) is 9.77. The maximum absolute atomic E-state index is 11.9. The molecule has 2 rings (SSSR count). The summed E-state index contributed by atoms with van der Waals surface area (Å²) < 4.78 is 33.3. The van der Waals surface area contributed by atoms with Crippen molar-refractivity contribution in [3.8, 4) is 11.8 Å². The number of benzene rings is 1. The zero-order valence-electron chi connectivity index (χ0n) is 9.77. The van der Waals surface area contributed by atoms with Gasteiger partial charge in [0, 0.05) is 5.69 Å². The van der Waals surface area contributed by atoms with E-state index in [0.717, 1.165) is 5.69 Å². The largest absolute Gasteiger partial charge is 0.449 e. The Morgan fingerprint density at radius 2 is 1.95 bits per heavy atom. The first-order chi connectivity index (χ1) is 9.17. The van der Waals surface area contributed by atoms with E-state index in [1.807, 2.05) is 6.07 Å². The van der Waals surface area contributed by atoms with Gasteiger partial charge in [0.2, 0.25) is 5.76 Å². The van der Waals surface area contributed by atoms with Crippen LogP contribution in [-0.2, 0) is 6.54 Å². The molecule has 19 heavy (non-hydrogen) atoms. The minimum Gasteiger partial charge on any atom is -0.449 e. The van der Waals surface area contributed by atoms with Crippen LogP contribution in [0.3, 0.4) is 0 Å². The number of hydrogen-bond donors (Lipinski definition) is 1. The van der Waals surface area contributed by atoms with Crippen LogP contribution in [0.2, 0.25) is 0 Å². The smallest absolute Gasteiger partial charge is 0.387 e. The van der Waals surface area contributed by atoms with Crippen molar-refractivity contribution in [2.75, 3.05) is 5.32 Å². The number of ether oxygens (including phenoxy) is 1. The van der Waals surface area contributed by atoms with Gasteiger partial charge in [-0.05, 0) is 36.4 Å². The summed E-state index contributed by atoms with van der Waals surface area (Å²) in [4.78, 5) is 0. The van der Waals surface area contributed by atoms with Gasteiger partial charge in [0.15, 0.2) is 0 Å². The molecule has 0 aliphatic heterocycles. The van der Waals surface area contributed by atoms with E-state index >= 15 is 0 Å². The number of halogens is 2. The molecule has 0 saturated heterocycles. The van der Waals surface area contributed by atoms with Crippen LogP contribution >= 0.6 is 0 Å². The predicted octanol–water partition coefficient (Wildman–Crippen LogP) is 3.36. The molecule has 1 aromatic carbocycles. The number of hydrogen-bond acceptors (Lipinski definition) is 4. The van der Waals surface area contributed by atoms with Gasteiger partial charge >= 0.3 is 6.61 Å². The Bertz CT molecular complexity index is 573. The van der Waals surface area contributed by atoms with Crippen molar-refractivity contribution in [1.29, 1.82) is 5.26 Å². The number of alkyl halides is 2. The molecule has 1 N–H and O–H groups in total. The first kappa shape index (κ1) is 12.9. The number of nitrogens with zero attached hydrogens (tertiary/aromatic N) is 1. The molecule has 0 fully saturated rings. The van der Waals surface area contributed by atoms with Crippen molar-refractivity contribution >= 4 is 5.69 Å². The molecule has 6 heteroatoms. The highest BCUT2D eigenvalue weighted by atomic mass is 19.3. The van der Waals surface area contributed by atoms with E-state index < -0.39 is 6.61 Å². The Hall–Kier alpha value is -2.55. The maximum Gasteiger partial charge on any atom is 0.387 e. The molecule has 0 atom stereocenters. The van der Waals surface area contributed by atoms with Crippen molar-refractivity contribution in [1.82, 2.24) is 0 Å². The van der Waals surface area contributed by atoms with Crippen molar-refractivity contribution in [2.24, 2.45) is 0 Å². The van der Waals surface area contributed by atoms with E-state index in [9.17, 15) is 8.78 Å². The Balaban J connectivity index is 1.91. The quantitative estimate of drug-likeness (QED) is 0.899. The highest BCUT2D eigenvalue weighted by Gasteiger charge is 2.04. The molecular formula is C13H10F2N2O2. The lowest BCUT2D eigenvalue weighted by molar-refractivity contribution is -0.0498. The number of anilines is 1. The van der Waals surface area contributed by atoms with E-state index in [2.05, 4.69) is 10.1 Å². The Morgan fingerprint density at radius 1 is 1.21 bits per heavy atom. The van der Waals surface area contributed by atoms with Gasteiger partial charge in [-0.1, -0.05) is 0 Å². The van der Waals surface area contributed by atoms with Gasteiger partial charge in [0.05, 0.1) is 6.54 Å². The van der Waals surface area contributed by atoms with Crippen LogP contribution in [0.1, 0.15) is 11.5 Å². The molecule has 98 valence electrons. The standard InChI is InChI=1S/C13H10F2N2O2/c14-13(15)19-10-3-1-9(2-4-10)17-8-12-6-5-11(7-16)18-12/h1-6,13,17H,8H2. The molecule has 4 nitrogen and oxygen atoms in total. The summed E-state index contributed by atoms with van der Waals surface area (Å²) in [6, 6.07) is 11.3. The third-order valence-electron chi connectivity index (χ3n) is 2.32. The lowest BCUT2D eigenvalue weighted by atomic mass is 10.3. The molecule has 2 aromatic rings. The van der Waals surface area contributed by atoms with Gasteiger partial charge in [-0.15, -0.1) is 0 Å². The van der Waals surface area contributed by atoms with Gasteiger partial charge in [-0.2, -0.15) is 14.0 Å². The van der Waals surface area contributed by atoms with Gasteiger partial charge in [-0.3, -0.25) is 0 Å². The Kier molecular flexibility index (Phi) is 3.98. The lowest BCUT2D eigenvalue weighted by Crippen LogP contribution is -2.02. The molecular weight excluding hydrogens is 254 g/mol. The van der Waals surface area contributed by atoms with Gasteiger partial charge in [0.25, 0.3) is 0 Å².